The summed E-state index contributed by atoms with van der Waals surface area (Å²) >= 11 is 0. The van der Waals surface area contributed by atoms with Crippen LogP contribution in [0.15, 0.2) is 24.3 Å². The smallest absolute Gasteiger partial charge is 0.182 e. The first-order valence-electron chi connectivity index (χ1n) is 7.22. The Hall–Kier alpha value is -1.83. The Morgan fingerprint density at radius 3 is 2.90 bits per heavy atom. The molecular formula is C14H20N6O. The molecule has 2 heterocycles. The molecule has 0 bridgehead atoms. The van der Waals surface area contributed by atoms with Crippen molar-refractivity contribution in [3.05, 3.63) is 29.8 Å². The second-order valence-electron chi connectivity index (χ2n) is 5.10. The Morgan fingerprint density at radius 1 is 1.24 bits per heavy atom. The number of nitrogens with two attached hydrogens (primary N) is 1. The molecule has 0 aliphatic carbocycles. The molecule has 112 valence electrons. The van der Waals surface area contributed by atoms with Crippen LogP contribution in [-0.4, -0.2) is 58.0 Å². The van der Waals surface area contributed by atoms with E-state index in [2.05, 4.69) is 32.6 Å². The molecule has 0 saturated carbocycles. The number of ether oxygens (including phenoxy) is 1. The van der Waals surface area contributed by atoms with Gasteiger partial charge in [0.1, 0.15) is 0 Å². The maximum absolute atomic E-state index is 5.59. The van der Waals surface area contributed by atoms with E-state index in [1.807, 2.05) is 12.1 Å². The van der Waals surface area contributed by atoms with Crippen LogP contribution >= 0.6 is 0 Å². The van der Waals surface area contributed by atoms with Gasteiger partial charge in [0, 0.05) is 31.7 Å². The summed E-state index contributed by atoms with van der Waals surface area (Å²) in [6.07, 6.45) is 0. The van der Waals surface area contributed by atoms with Crippen molar-refractivity contribution in [3.8, 4) is 11.4 Å². The van der Waals surface area contributed by atoms with Gasteiger partial charge in [-0.25, -0.2) is 4.68 Å². The zero-order chi connectivity index (χ0) is 14.5. The van der Waals surface area contributed by atoms with Gasteiger partial charge >= 0.3 is 0 Å². The summed E-state index contributed by atoms with van der Waals surface area (Å²) in [5, 5.41) is 11.8. The maximum Gasteiger partial charge on any atom is 0.182 e. The summed E-state index contributed by atoms with van der Waals surface area (Å²) in [7, 11) is 0. The zero-order valence-corrected chi connectivity index (χ0v) is 12.0. The molecule has 0 unspecified atom stereocenters. The van der Waals surface area contributed by atoms with Crippen molar-refractivity contribution in [2.45, 2.75) is 13.1 Å². The average molecular weight is 288 g/mol. The normalized spacial score (nSPS) is 16.2. The molecule has 21 heavy (non-hydrogen) atoms. The molecule has 0 amide bonds. The van der Waals surface area contributed by atoms with E-state index in [4.69, 9.17) is 10.5 Å². The number of tetrazole rings is 1. The van der Waals surface area contributed by atoms with Gasteiger partial charge in [0.15, 0.2) is 5.82 Å². The third kappa shape index (κ3) is 3.44. The van der Waals surface area contributed by atoms with Gasteiger partial charge in [-0.2, -0.15) is 0 Å². The van der Waals surface area contributed by atoms with Crippen LogP contribution in [0.4, 0.5) is 0 Å². The fourth-order valence-electron chi connectivity index (χ4n) is 2.51. The maximum atomic E-state index is 5.59. The average Bonchev–Trinajstić information content (AvgIpc) is 2.97. The molecule has 0 spiro atoms. The topological polar surface area (TPSA) is 82.1 Å². The Kier molecular flexibility index (Phi) is 4.54. The van der Waals surface area contributed by atoms with Crippen LogP contribution in [-0.2, 0) is 17.8 Å². The largest absolute Gasteiger partial charge is 0.379 e. The Balaban J connectivity index is 1.77. The van der Waals surface area contributed by atoms with Crippen LogP contribution in [0, 0.1) is 0 Å². The molecule has 1 aliphatic rings. The Labute approximate surface area is 123 Å². The van der Waals surface area contributed by atoms with Gasteiger partial charge in [-0.15, -0.1) is 5.10 Å². The lowest BCUT2D eigenvalue weighted by Crippen LogP contribution is -2.35. The lowest BCUT2D eigenvalue weighted by Gasteiger charge is -2.26. The highest BCUT2D eigenvalue weighted by Crippen LogP contribution is 2.18. The summed E-state index contributed by atoms with van der Waals surface area (Å²) in [5.41, 5.74) is 7.87. The molecule has 1 fully saturated rings. The number of morpholine rings is 1. The van der Waals surface area contributed by atoms with E-state index < -0.39 is 0 Å². The van der Waals surface area contributed by atoms with E-state index in [-0.39, 0.29) is 0 Å². The van der Waals surface area contributed by atoms with Gasteiger partial charge < -0.3 is 10.5 Å². The first-order chi connectivity index (χ1) is 10.4. The third-order valence-electron chi connectivity index (χ3n) is 3.57. The van der Waals surface area contributed by atoms with Crippen molar-refractivity contribution in [2.75, 3.05) is 32.8 Å². The van der Waals surface area contributed by atoms with Gasteiger partial charge in [0.25, 0.3) is 0 Å². The molecule has 0 atom stereocenters. The molecule has 1 aromatic heterocycles. The van der Waals surface area contributed by atoms with Crippen LogP contribution in [0.3, 0.4) is 0 Å². The number of rotatable bonds is 5. The van der Waals surface area contributed by atoms with Crippen LogP contribution < -0.4 is 5.73 Å². The molecule has 0 radical (unpaired) electrons. The first kappa shape index (κ1) is 14.1. The summed E-state index contributed by atoms with van der Waals surface area (Å²) in [5.74, 6) is 0.768. The number of nitrogens with zero attached hydrogens (tertiary/aromatic N) is 5. The van der Waals surface area contributed by atoms with Crippen LogP contribution in [0.2, 0.25) is 0 Å². The number of aromatic nitrogens is 4. The van der Waals surface area contributed by atoms with Crippen molar-refractivity contribution in [3.63, 3.8) is 0 Å². The zero-order valence-electron chi connectivity index (χ0n) is 12.0. The molecule has 1 saturated heterocycles. The lowest BCUT2D eigenvalue weighted by atomic mass is 10.1. The van der Waals surface area contributed by atoms with Crippen molar-refractivity contribution in [1.29, 1.82) is 0 Å². The Bertz CT molecular complexity index is 578. The second-order valence-corrected chi connectivity index (χ2v) is 5.10. The van der Waals surface area contributed by atoms with Crippen molar-refractivity contribution in [2.24, 2.45) is 5.73 Å². The third-order valence-corrected chi connectivity index (χ3v) is 3.57. The molecule has 1 aliphatic heterocycles. The Morgan fingerprint density at radius 2 is 2.10 bits per heavy atom. The molecule has 7 heteroatoms. The predicted molar refractivity (Wildman–Crippen MR) is 78.4 cm³/mol. The summed E-state index contributed by atoms with van der Waals surface area (Å²) in [6, 6.07) is 8.36. The fourth-order valence-corrected chi connectivity index (χ4v) is 2.51. The highest BCUT2D eigenvalue weighted by atomic mass is 16.5. The van der Waals surface area contributed by atoms with Crippen LogP contribution in [0.25, 0.3) is 11.4 Å². The summed E-state index contributed by atoms with van der Waals surface area (Å²) in [6.45, 7) is 5.66. The minimum atomic E-state index is 0.519. The lowest BCUT2D eigenvalue weighted by molar-refractivity contribution is 0.0342. The van der Waals surface area contributed by atoms with Gasteiger partial charge in [0.2, 0.25) is 0 Å². The summed E-state index contributed by atoms with van der Waals surface area (Å²) < 4.78 is 7.12. The van der Waals surface area contributed by atoms with E-state index in [1.54, 1.807) is 4.68 Å². The van der Waals surface area contributed by atoms with E-state index in [9.17, 15) is 0 Å². The SMILES string of the molecule is NCCn1nnnc1-c1cccc(CN2CCOCC2)c1. The second kappa shape index (κ2) is 6.75. The van der Waals surface area contributed by atoms with E-state index in [0.717, 1.165) is 44.2 Å². The van der Waals surface area contributed by atoms with Gasteiger partial charge in [-0.05, 0) is 22.1 Å². The molecule has 7 nitrogen and oxygen atoms in total. The van der Waals surface area contributed by atoms with Crippen LogP contribution in [0.1, 0.15) is 5.56 Å². The predicted octanol–water partition coefficient (Wildman–Crippen LogP) is 0.131. The fraction of sp³-hybridized carbons (Fsp3) is 0.500. The van der Waals surface area contributed by atoms with Gasteiger partial charge in [-0.3, -0.25) is 4.90 Å². The van der Waals surface area contributed by atoms with Gasteiger partial charge in [0.05, 0.1) is 19.8 Å². The number of hydrogen-bond donors (Lipinski definition) is 1. The summed E-state index contributed by atoms with van der Waals surface area (Å²) in [4.78, 5) is 2.39. The van der Waals surface area contributed by atoms with E-state index in [0.29, 0.717) is 13.1 Å². The highest BCUT2D eigenvalue weighted by Gasteiger charge is 2.12. The van der Waals surface area contributed by atoms with E-state index >= 15 is 0 Å². The molecule has 2 N–H and O–H groups in total. The van der Waals surface area contributed by atoms with Crippen LogP contribution in [0.5, 0.6) is 0 Å². The quantitative estimate of drug-likeness (QED) is 0.842. The number of hydrogen-bond acceptors (Lipinski definition) is 6. The van der Waals surface area contributed by atoms with E-state index in [1.165, 1.54) is 5.56 Å². The number of benzene rings is 1. The molecular weight excluding hydrogens is 268 g/mol. The van der Waals surface area contributed by atoms with Crippen molar-refractivity contribution < 1.29 is 4.74 Å². The monoisotopic (exact) mass is 288 g/mol. The van der Waals surface area contributed by atoms with Crippen molar-refractivity contribution in [1.82, 2.24) is 25.1 Å². The molecule has 2 aromatic rings. The molecule has 3 rings (SSSR count). The minimum Gasteiger partial charge on any atom is -0.379 e. The van der Waals surface area contributed by atoms with Crippen molar-refractivity contribution >= 4 is 0 Å². The molecule has 1 aromatic carbocycles. The van der Waals surface area contributed by atoms with Gasteiger partial charge in [-0.1, -0.05) is 18.2 Å². The highest BCUT2D eigenvalue weighted by molar-refractivity contribution is 5.55. The standard InChI is InChI=1S/C14H20N6O/c15-4-5-20-14(16-17-18-20)13-3-1-2-12(10-13)11-19-6-8-21-9-7-19/h1-3,10H,4-9,11,15H2. The first-order valence-corrected chi connectivity index (χ1v) is 7.22. The minimum absolute atomic E-state index is 0.519.